The van der Waals surface area contributed by atoms with Gasteiger partial charge in [0.2, 0.25) is 0 Å². The van der Waals surface area contributed by atoms with Crippen LogP contribution in [-0.4, -0.2) is 19.0 Å². The molecule has 0 spiro atoms. The van der Waals surface area contributed by atoms with E-state index >= 15 is 0 Å². The van der Waals surface area contributed by atoms with Crippen LogP contribution in [0.1, 0.15) is 44.4 Å². The first-order valence-electron chi connectivity index (χ1n) is 6.01. The number of fused-ring (bicyclic) bond motifs is 2. The van der Waals surface area contributed by atoms with Gasteiger partial charge in [0.05, 0.1) is 0 Å². The first-order valence-corrected chi connectivity index (χ1v) is 6.01. The van der Waals surface area contributed by atoms with Gasteiger partial charge in [-0.05, 0) is 37.2 Å². The molecule has 0 N–H and O–H groups in total. The third-order valence-electron chi connectivity index (χ3n) is 2.15. The molecule has 15 heavy (non-hydrogen) atoms. The molecule has 2 aliphatic rings. The average Bonchev–Trinajstić information content (AvgIpc) is 2.22. The van der Waals surface area contributed by atoms with Crippen LogP contribution >= 0.6 is 0 Å². The van der Waals surface area contributed by atoms with E-state index in [9.17, 15) is 0 Å². The van der Waals surface area contributed by atoms with E-state index in [-0.39, 0.29) is 0 Å². The molecular weight excluding hydrogens is 182 g/mol. The molecule has 1 aromatic carbocycles. The highest BCUT2D eigenvalue weighted by atomic mass is 15.0. The van der Waals surface area contributed by atoms with Crippen molar-refractivity contribution >= 4 is 0 Å². The Bertz CT molecular complexity index is 273. The van der Waals surface area contributed by atoms with Crippen molar-refractivity contribution in [2.45, 2.75) is 40.7 Å². The molecule has 0 aliphatic heterocycles. The van der Waals surface area contributed by atoms with Gasteiger partial charge >= 0.3 is 0 Å². The zero-order chi connectivity index (χ0) is 11.8. The summed E-state index contributed by atoms with van der Waals surface area (Å²) in [5.41, 5.74) is 4.52. The average molecular weight is 207 g/mol. The van der Waals surface area contributed by atoms with Crippen molar-refractivity contribution in [3.05, 3.63) is 34.9 Å². The standard InChI is InChI=1S/C10H13N.2C2H6/c1-11(2)7-9-4-3-8-5-10(9)6-8;2*1-2/h3-5H,6-7H2,1-2H3;2*1-2H3. The minimum atomic E-state index is 1.08. The Balaban J connectivity index is 0.000000442. The van der Waals surface area contributed by atoms with Gasteiger partial charge in [-0.25, -0.2) is 0 Å². The molecule has 0 amide bonds. The van der Waals surface area contributed by atoms with E-state index in [2.05, 4.69) is 37.2 Å². The van der Waals surface area contributed by atoms with E-state index in [1.165, 1.54) is 23.1 Å². The molecule has 0 atom stereocenters. The molecule has 1 aromatic rings. The van der Waals surface area contributed by atoms with Gasteiger partial charge in [-0.1, -0.05) is 45.9 Å². The molecule has 0 heterocycles. The van der Waals surface area contributed by atoms with Crippen molar-refractivity contribution < 1.29 is 0 Å². The fourth-order valence-corrected chi connectivity index (χ4v) is 1.54. The molecule has 0 fully saturated rings. The Labute approximate surface area is 95.1 Å². The quantitative estimate of drug-likeness (QED) is 0.725. The van der Waals surface area contributed by atoms with Gasteiger partial charge in [0.1, 0.15) is 0 Å². The van der Waals surface area contributed by atoms with E-state index in [0.717, 1.165) is 6.54 Å². The van der Waals surface area contributed by atoms with Crippen LogP contribution in [0, 0.1) is 0 Å². The summed E-state index contributed by atoms with van der Waals surface area (Å²) in [5, 5.41) is 0. The van der Waals surface area contributed by atoms with Crippen molar-refractivity contribution in [3.8, 4) is 0 Å². The summed E-state index contributed by atoms with van der Waals surface area (Å²) in [6.07, 6.45) is 1.21. The van der Waals surface area contributed by atoms with Crippen LogP contribution in [0.5, 0.6) is 0 Å². The maximum atomic E-state index is 2.29. The molecular formula is C14H25N. The summed E-state index contributed by atoms with van der Waals surface area (Å²) in [6, 6.07) is 6.76. The largest absolute Gasteiger partial charge is 0.305 e. The van der Waals surface area contributed by atoms with Gasteiger partial charge in [-0.2, -0.15) is 0 Å². The lowest BCUT2D eigenvalue weighted by Crippen LogP contribution is -2.15. The van der Waals surface area contributed by atoms with Crippen molar-refractivity contribution in [2.75, 3.05) is 14.1 Å². The predicted octanol–water partition coefficient (Wildman–Crippen LogP) is 3.70. The Kier molecular flexibility index (Phi) is 7.06. The van der Waals surface area contributed by atoms with E-state index < -0.39 is 0 Å². The zero-order valence-corrected chi connectivity index (χ0v) is 11.1. The third kappa shape index (κ3) is 4.05. The molecule has 2 bridgehead atoms. The van der Waals surface area contributed by atoms with Gasteiger partial charge in [0.25, 0.3) is 0 Å². The Morgan fingerprint density at radius 1 is 1.07 bits per heavy atom. The number of hydrogen-bond donors (Lipinski definition) is 0. The Morgan fingerprint density at radius 3 is 1.93 bits per heavy atom. The SMILES string of the molecule is CC.CC.CN(C)Cc1ccc2cc1C2. The van der Waals surface area contributed by atoms with Crippen LogP contribution in [0.4, 0.5) is 0 Å². The molecule has 1 heteroatoms. The number of nitrogens with zero attached hydrogens (tertiary/aromatic N) is 1. The molecule has 0 aromatic heterocycles. The minimum Gasteiger partial charge on any atom is -0.305 e. The van der Waals surface area contributed by atoms with Crippen LogP contribution < -0.4 is 0 Å². The van der Waals surface area contributed by atoms with Crippen molar-refractivity contribution in [2.24, 2.45) is 0 Å². The van der Waals surface area contributed by atoms with Crippen molar-refractivity contribution in [1.29, 1.82) is 0 Å². The Morgan fingerprint density at radius 2 is 1.60 bits per heavy atom. The normalized spacial score (nSPS) is 10.6. The summed E-state index contributed by atoms with van der Waals surface area (Å²) in [4.78, 5) is 2.21. The Hall–Kier alpha value is -0.820. The second-order valence-corrected chi connectivity index (χ2v) is 3.52. The third-order valence-corrected chi connectivity index (χ3v) is 2.15. The van der Waals surface area contributed by atoms with Gasteiger partial charge in [0.15, 0.2) is 0 Å². The maximum absolute atomic E-state index is 2.29. The second-order valence-electron chi connectivity index (χ2n) is 3.52. The van der Waals surface area contributed by atoms with Crippen molar-refractivity contribution in [1.82, 2.24) is 4.90 Å². The van der Waals surface area contributed by atoms with Crippen LogP contribution in [0.2, 0.25) is 0 Å². The van der Waals surface area contributed by atoms with E-state index in [1.807, 2.05) is 27.7 Å². The molecule has 0 saturated carbocycles. The highest BCUT2D eigenvalue weighted by Gasteiger charge is 2.12. The molecule has 0 unspecified atom stereocenters. The van der Waals surface area contributed by atoms with Gasteiger partial charge in [-0.3, -0.25) is 0 Å². The number of hydrogen-bond acceptors (Lipinski definition) is 1. The van der Waals surface area contributed by atoms with Gasteiger partial charge in [-0.15, -0.1) is 0 Å². The molecule has 2 aliphatic carbocycles. The molecule has 3 rings (SSSR count). The highest BCUT2D eigenvalue weighted by Crippen LogP contribution is 2.25. The first kappa shape index (κ1) is 14.2. The lowest BCUT2D eigenvalue weighted by atomic mass is 9.88. The fourth-order valence-electron chi connectivity index (χ4n) is 1.54. The van der Waals surface area contributed by atoms with Gasteiger partial charge < -0.3 is 4.90 Å². The van der Waals surface area contributed by atoms with E-state index in [1.54, 1.807) is 0 Å². The van der Waals surface area contributed by atoms with E-state index in [4.69, 9.17) is 0 Å². The van der Waals surface area contributed by atoms with Crippen molar-refractivity contribution in [3.63, 3.8) is 0 Å². The van der Waals surface area contributed by atoms with Crippen LogP contribution in [0.3, 0.4) is 0 Å². The van der Waals surface area contributed by atoms with E-state index in [0.29, 0.717) is 0 Å². The van der Waals surface area contributed by atoms with Crippen LogP contribution in [0.25, 0.3) is 0 Å². The topological polar surface area (TPSA) is 3.24 Å². The maximum Gasteiger partial charge on any atom is 0.0230 e. The summed E-state index contributed by atoms with van der Waals surface area (Å²) >= 11 is 0. The summed E-state index contributed by atoms with van der Waals surface area (Å²) in [5.74, 6) is 0. The van der Waals surface area contributed by atoms with Crippen LogP contribution in [0.15, 0.2) is 18.2 Å². The summed E-state index contributed by atoms with van der Waals surface area (Å²) in [7, 11) is 4.22. The number of benzene rings is 1. The predicted molar refractivity (Wildman–Crippen MR) is 69.3 cm³/mol. The summed E-state index contributed by atoms with van der Waals surface area (Å²) in [6.45, 7) is 9.08. The molecule has 0 saturated heterocycles. The fraction of sp³-hybridized carbons (Fsp3) is 0.571. The molecule has 1 nitrogen and oxygen atoms in total. The smallest absolute Gasteiger partial charge is 0.0230 e. The number of rotatable bonds is 2. The minimum absolute atomic E-state index is 1.08. The van der Waals surface area contributed by atoms with Gasteiger partial charge in [0, 0.05) is 6.54 Å². The highest BCUT2D eigenvalue weighted by molar-refractivity contribution is 5.43. The lowest BCUT2D eigenvalue weighted by Gasteiger charge is -2.21. The van der Waals surface area contributed by atoms with Crippen LogP contribution in [-0.2, 0) is 13.0 Å². The molecule has 86 valence electrons. The monoisotopic (exact) mass is 207 g/mol. The first-order chi connectivity index (χ1) is 7.25. The second kappa shape index (κ2) is 7.47. The lowest BCUT2D eigenvalue weighted by molar-refractivity contribution is 0.400. The summed E-state index contributed by atoms with van der Waals surface area (Å²) < 4.78 is 0. The zero-order valence-electron chi connectivity index (χ0n) is 11.1. The molecule has 0 radical (unpaired) electrons.